The van der Waals surface area contributed by atoms with Gasteiger partial charge in [-0.3, -0.25) is 0 Å². The number of carbonyl (C=O) groups is 2. The van der Waals surface area contributed by atoms with Crippen LogP contribution in [-0.4, -0.2) is 31.3 Å². The summed E-state index contributed by atoms with van der Waals surface area (Å²) in [4.78, 5) is 22.7. The Kier molecular flexibility index (Phi) is 6.75. The van der Waals surface area contributed by atoms with Crippen LogP contribution in [0.1, 0.15) is 43.1 Å². The zero-order chi connectivity index (χ0) is 17.5. The van der Waals surface area contributed by atoms with Gasteiger partial charge in [-0.05, 0) is 44.9 Å². The van der Waals surface area contributed by atoms with Crippen LogP contribution >= 0.6 is 0 Å². The maximum Gasteiger partial charge on any atom is 0.407 e. The van der Waals surface area contributed by atoms with Crippen molar-refractivity contribution in [1.82, 2.24) is 5.32 Å². The van der Waals surface area contributed by atoms with Crippen LogP contribution in [0, 0.1) is 5.82 Å². The predicted octanol–water partition coefficient (Wildman–Crippen LogP) is 3.54. The highest BCUT2D eigenvalue weighted by atomic mass is 19.1. The van der Waals surface area contributed by atoms with Crippen LogP contribution in [0.5, 0.6) is 0 Å². The summed E-state index contributed by atoms with van der Waals surface area (Å²) in [6, 6.07) is 4.25. The number of benzene rings is 1. The number of methoxy groups -OCH3 is 1. The number of amides is 1. The van der Waals surface area contributed by atoms with Crippen LogP contribution in [0.2, 0.25) is 0 Å². The number of hydrogen-bond donors (Lipinski definition) is 1. The Morgan fingerprint density at radius 1 is 1.30 bits per heavy atom. The van der Waals surface area contributed by atoms with E-state index in [1.54, 1.807) is 39.0 Å². The van der Waals surface area contributed by atoms with Crippen molar-refractivity contribution in [1.29, 1.82) is 0 Å². The predicted molar refractivity (Wildman–Crippen MR) is 85.6 cm³/mol. The molecule has 23 heavy (non-hydrogen) atoms. The number of alkyl carbamates (subject to hydrolysis) is 1. The van der Waals surface area contributed by atoms with Gasteiger partial charge in [-0.15, -0.1) is 0 Å². The lowest BCUT2D eigenvalue weighted by atomic mass is 10.1. The van der Waals surface area contributed by atoms with Crippen molar-refractivity contribution in [2.24, 2.45) is 0 Å². The molecule has 0 radical (unpaired) electrons. The number of ether oxygens (including phenoxy) is 2. The molecule has 0 bridgehead atoms. The maximum atomic E-state index is 13.7. The molecule has 5 nitrogen and oxygen atoms in total. The third kappa shape index (κ3) is 6.95. The van der Waals surface area contributed by atoms with Crippen LogP contribution < -0.4 is 5.32 Å². The van der Waals surface area contributed by atoms with Crippen molar-refractivity contribution in [3.8, 4) is 0 Å². The third-order valence-corrected chi connectivity index (χ3v) is 2.69. The first-order valence-corrected chi connectivity index (χ1v) is 7.24. The minimum absolute atomic E-state index is 0.101. The summed E-state index contributed by atoms with van der Waals surface area (Å²) in [5, 5.41) is 2.62. The molecule has 0 atom stereocenters. The molecular formula is C17H22FNO4. The average molecular weight is 323 g/mol. The molecule has 6 heteroatoms. The summed E-state index contributed by atoms with van der Waals surface area (Å²) in [6.45, 7) is 5.78. The molecule has 0 fully saturated rings. The smallest absolute Gasteiger partial charge is 0.407 e. The highest BCUT2D eigenvalue weighted by Crippen LogP contribution is 2.13. The van der Waals surface area contributed by atoms with Crippen molar-refractivity contribution in [3.05, 3.63) is 41.2 Å². The van der Waals surface area contributed by atoms with E-state index < -0.39 is 23.5 Å². The number of nitrogens with one attached hydrogen (secondary N) is 1. The van der Waals surface area contributed by atoms with Crippen LogP contribution in [0.4, 0.5) is 9.18 Å². The normalized spacial score (nSPS) is 11.3. The molecule has 1 N–H and O–H groups in total. The summed E-state index contributed by atoms with van der Waals surface area (Å²) < 4.78 is 23.3. The van der Waals surface area contributed by atoms with E-state index in [-0.39, 0.29) is 5.56 Å². The highest BCUT2D eigenvalue weighted by molar-refractivity contribution is 5.89. The Hall–Kier alpha value is -2.37. The standard InChI is InChI=1S/C17H22FNO4/c1-17(2,3)23-16(21)19-10-6-5-7-12-8-9-13(14(18)11-12)15(20)22-4/h5,7-9,11H,6,10H2,1-4H3,(H,19,21). The Balaban J connectivity index is 2.45. The van der Waals surface area contributed by atoms with Crippen molar-refractivity contribution >= 4 is 18.1 Å². The number of hydrogen-bond acceptors (Lipinski definition) is 4. The number of halogens is 1. The van der Waals surface area contributed by atoms with Crippen molar-refractivity contribution in [3.63, 3.8) is 0 Å². The zero-order valence-corrected chi connectivity index (χ0v) is 13.8. The molecule has 1 aromatic carbocycles. The molecule has 0 heterocycles. The first-order valence-electron chi connectivity index (χ1n) is 7.24. The lowest BCUT2D eigenvalue weighted by Crippen LogP contribution is -2.32. The van der Waals surface area contributed by atoms with Gasteiger partial charge < -0.3 is 14.8 Å². The quantitative estimate of drug-likeness (QED) is 0.665. The van der Waals surface area contributed by atoms with Gasteiger partial charge in [-0.2, -0.15) is 0 Å². The molecule has 0 unspecified atom stereocenters. The molecule has 0 aliphatic rings. The molecule has 1 rings (SSSR count). The van der Waals surface area contributed by atoms with E-state index in [0.717, 1.165) is 0 Å². The van der Waals surface area contributed by atoms with Crippen molar-refractivity contribution in [2.75, 3.05) is 13.7 Å². The topological polar surface area (TPSA) is 64.6 Å². The lowest BCUT2D eigenvalue weighted by molar-refractivity contribution is 0.0527. The number of carbonyl (C=O) groups excluding carboxylic acids is 2. The molecule has 0 aliphatic carbocycles. The SMILES string of the molecule is COC(=O)c1ccc(C=CCCNC(=O)OC(C)(C)C)cc1F. The first kappa shape index (κ1) is 18.7. The number of rotatable bonds is 5. The van der Waals surface area contributed by atoms with Gasteiger partial charge in [0.1, 0.15) is 11.4 Å². The second kappa shape index (κ2) is 8.31. The van der Waals surface area contributed by atoms with E-state index in [1.165, 1.54) is 19.2 Å². The van der Waals surface area contributed by atoms with Crippen LogP contribution in [0.25, 0.3) is 6.08 Å². The maximum absolute atomic E-state index is 13.7. The van der Waals surface area contributed by atoms with Gasteiger partial charge in [0.15, 0.2) is 0 Å². The second-order valence-corrected chi connectivity index (χ2v) is 5.85. The van der Waals surface area contributed by atoms with Gasteiger partial charge in [0, 0.05) is 6.54 Å². The van der Waals surface area contributed by atoms with Gasteiger partial charge in [-0.25, -0.2) is 14.0 Å². The Labute approximate surface area is 135 Å². The van der Waals surface area contributed by atoms with Gasteiger partial charge >= 0.3 is 12.1 Å². The van der Waals surface area contributed by atoms with Gasteiger partial charge in [0.25, 0.3) is 0 Å². The molecule has 1 amide bonds. The molecule has 0 saturated heterocycles. The number of esters is 1. The third-order valence-electron chi connectivity index (χ3n) is 2.69. The zero-order valence-electron chi connectivity index (χ0n) is 13.8. The summed E-state index contributed by atoms with van der Waals surface area (Å²) in [5.74, 6) is -1.34. The second-order valence-electron chi connectivity index (χ2n) is 5.85. The summed E-state index contributed by atoms with van der Waals surface area (Å²) in [6.07, 6.45) is 3.60. The van der Waals surface area contributed by atoms with E-state index in [1.807, 2.05) is 0 Å². The monoisotopic (exact) mass is 323 g/mol. The molecular weight excluding hydrogens is 301 g/mol. The fraction of sp³-hybridized carbons (Fsp3) is 0.412. The Morgan fingerprint density at radius 3 is 2.57 bits per heavy atom. The Bertz CT molecular complexity index is 591. The van der Waals surface area contributed by atoms with Crippen molar-refractivity contribution < 1.29 is 23.5 Å². The summed E-state index contributed by atoms with van der Waals surface area (Å²) in [5.41, 5.74) is -0.0117. The molecule has 0 aromatic heterocycles. The Morgan fingerprint density at radius 2 is 2.00 bits per heavy atom. The largest absolute Gasteiger partial charge is 0.465 e. The summed E-state index contributed by atoms with van der Waals surface area (Å²) in [7, 11) is 1.20. The highest BCUT2D eigenvalue weighted by Gasteiger charge is 2.15. The van der Waals surface area contributed by atoms with Crippen molar-refractivity contribution in [2.45, 2.75) is 32.8 Å². The lowest BCUT2D eigenvalue weighted by Gasteiger charge is -2.19. The van der Waals surface area contributed by atoms with Gasteiger partial charge in [0.05, 0.1) is 12.7 Å². The fourth-order valence-electron chi connectivity index (χ4n) is 1.70. The van der Waals surface area contributed by atoms with E-state index in [0.29, 0.717) is 18.5 Å². The van der Waals surface area contributed by atoms with Crippen LogP contribution in [0.15, 0.2) is 24.3 Å². The summed E-state index contributed by atoms with van der Waals surface area (Å²) >= 11 is 0. The van der Waals surface area contributed by atoms with Crippen LogP contribution in [-0.2, 0) is 9.47 Å². The molecule has 0 spiro atoms. The molecule has 0 saturated carbocycles. The van der Waals surface area contributed by atoms with E-state index in [9.17, 15) is 14.0 Å². The van der Waals surface area contributed by atoms with E-state index in [4.69, 9.17) is 4.74 Å². The average Bonchev–Trinajstić information content (AvgIpc) is 2.44. The van der Waals surface area contributed by atoms with Gasteiger partial charge in [-0.1, -0.05) is 18.2 Å². The fourth-order valence-corrected chi connectivity index (χ4v) is 1.70. The first-order chi connectivity index (χ1) is 10.7. The molecule has 0 aliphatic heterocycles. The minimum Gasteiger partial charge on any atom is -0.465 e. The minimum atomic E-state index is -0.709. The van der Waals surface area contributed by atoms with Crippen LogP contribution in [0.3, 0.4) is 0 Å². The van der Waals surface area contributed by atoms with E-state index >= 15 is 0 Å². The molecule has 126 valence electrons. The van der Waals surface area contributed by atoms with E-state index in [2.05, 4.69) is 10.1 Å². The van der Waals surface area contributed by atoms with Gasteiger partial charge in [0.2, 0.25) is 0 Å². The molecule has 1 aromatic rings.